The Morgan fingerprint density at radius 1 is 0.923 bits per heavy atom. The summed E-state index contributed by atoms with van der Waals surface area (Å²) in [6, 6.07) is 10.0. The van der Waals surface area contributed by atoms with Crippen LogP contribution >= 0.6 is 0 Å². The molecule has 1 radical (unpaired) electrons. The maximum atomic E-state index is 4.94. The van der Waals surface area contributed by atoms with E-state index in [1.807, 2.05) is 30.3 Å². The zero-order valence-corrected chi connectivity index (χ0v) is 11.9. The third-order valence-corrected chi connectivity index (χ3v) is 1.38. The standard InChI is InChI=1S/C5H5.C4H8O.2BrH.V/c2*1-2-4-5-3-1;;;/h1-5H;1-4H2;2*1H;/q-1;;;;+2/p-2. The van der Waals surface area contributed by atoms with E-state index in [9.17, 15) is 0 Å². The second-order valence-corrected chi connectivity index (χ2v) is 2.28. The molecule has 0 amide bonds. The molecule has 1 fully saturated rings. The Balaban J connectivity index is -0.000000125. The minimum Gasteiger partial charge on any atom is -1.00 e. The smallest absolute Gasteiger partial charge is 1.00 e. The molecule has 0 N–H and O–H groups in total. The molecule has 0 unspecified atom stereocenters. The van der Waals surface area contributed by atoms with Crippen molar-refractivity contribution in [3.8, 4) is 0 Å². The molecule has 1 saturated heterocycles. The molecule has 1 aliphatic rings. The van der Waals surface area contributed by atoms with E-state index in [4.69, 9.17) is 4.74 Å². The Morgan fingerprint density at radius 2 is 1.38 bits per heavy atom. The minimum atomic E-state index is 0. The first kappa shape index (κ1) is 19.4. The summed E-state index contributed by atoms with van der Waals surface area (Å²) in [5.74, 6) is 0. The van der Waals surface area contributed by atoms with Crippen molar-refractivity contribution in [2.45, 2.75) is 12.8 Å². The summed E-state index contributed by atoms with van der Waals surface area (Å²) in [4.78, 5) is 0. The van der Waals surface area contributed by atoms with Gasteiger partial charge in [-0.25, -0.2) is 12.1 Å². The van der Waals surface area contributed by atoms with Crippen LogP contribution in [-0.2, 0) is 23.3 Å². The van der Waals surface area contributed by atoms with Crippen molar-refractivity contribution in [1.82, 2.24) is 0 Å². The number of halogens is 2. The largest absolute Gasteiger partial charge is 2.00 e. The van der Waals surface area contributed by atoms with Gasteiger partial charge in [0.25, 0.3) is 0 Å². The van der Waals surface area contributed by atoms with Crippen LogP contribution in [0.2, 0.25) is 0 Å². The van der Waals surface area contributed by atoms with Gasteiger partial charge in [-0.15, -0.1) is 0 Å². The summed E-state index contributed by atoms with van der Waals surface area (Å²) in [5.41, 5.74) is 0. The van der Waals surface area contributed by atoms with E-state index in [1.165, 1.54) is 12.8 Å². The SMILES string of the molecule is C1CCOC1.[Br-].[Br-].[V+2].c1cc[cH-]c1. The molecule has 75 valence electrons. The van der Waals surface area contributed by atoms with Gasteiger partial charge in [0.15, 0.2) is 0 Å². The predicted molar refractivity (Wildman–Crippen MR) is 42.1 cm³/mol. The predicted octanol–water partition coefficient (Wildman–Crippen LogP) is -3.79. The quantitative estimate of drug-likeness (QED) is 0.438. The van der Waals surface area contributed by atoms with Crippen LogP contribution in [0.15, 0.2) is 30.3 Å². The first-order chi connectivity index (χ1) is 5.00. The van der Waals surface area contributed by atoms with Crippen molar-refractivity contribution < 1.29 is 57.3 Å². The molecule has 1 aromatic carbocycles. The van der Waals surface area contributed by atoms with Crippen molar-refractivity contribution in [3.63, 3.8) is 0 Å². The number of hydrogen-bond acceptors (Lipinski definition) is 1. The van der Waals surface area contributed by atoms with Crippen molar-refractivity contribution in [2.24, 2.45) is 0 Å². The molecular formula is C9H13Br2OV-. The molecule has 1 aliphatic heterocycles. The Bertz CT molecular complexity index is 117. The fraction of sp³-hybridized carbons (Fsp3) is 0.444. The van der Waals surface area contributed by atoms with E-state index in [0.29, 0.717) is 0 Å². The van der Waals surface area contributed by atoms with Gasteiger partial charge in [0, 0.05) is 13.2 Å². The summed E-state index contributed by atoms with van der Waals surface area (Å²) >= 11 is 0. The van der Waals surface area contributed by atoms with Gasteiger partial charge >= 0.3 is 18.6 Å². The van der Waals surface area contributed by atoms with Crippen LogP contribution in [0, 0.1) is 0 Å². The normalized spacial score (nSPS) is 12.3. The van der Waals surface area contributed by atoms with Crippen LogP contribution in [0.5, 0.6) is 0 Å². The summed E-state index contributed by atoms with van der Waals surface area (Å²) in [5, 5.41) is 0. The molecule has 0 saturated carbocycles. The third kappa shape index (κ3) is 12.9. The van der Waals surface area contributed by atoms with Gasteiger partial charge in [0.1, 0.15) is 0 Å². The molecule has 0 atom stereocenters. The molecule has 1 heterocycles. The first-order valence-corrected chi connectivity index (χ1v) is 3.74. The van der Waals surface area contributed by atoms with Crippen LogP contribution in [0.25, 0.3) is 0 Å². The van der Waals surface area contributed by atoms with E-state index >= 15 is 0 Å². The summed E-state index contributed by atoms with van der Waals surface area (Å²) in [6.07, 6.45) is 2.56. The molecule has 2 rings (SSSR count). The van der Waals surface area contributed by atoms with Crippen LogP contribution in [0.4, 0.5) is 0 Å². The minimum absolute atomic E-state index is 0. The monoisotopic (exact) mass is 346 g/mol. The molecule has 1 aromatic rings. The molecule has 4 heteroatoms. The molecule has 0 spiro atoms. The first-order valence-electron chi connectivity index (χ1n) is 3.74. The maximum Gasteiger partial charge on any atom is 2.00 e. The zero-order chi connectivity index (χ0) is 7.07. The van der Waals surface area contributed by atoms with E-state index in [-0.39, 0.29) is 52.5 Å². The van der Waals surface area contributed by atoms with Crippen LogP contribution in [0.1, 0.15) is 12.8 Å². The topological polar surface area (TPSA) is 9.23 Å². The third-order valence-electron chi connectivity index (χ3n) is 1.38. The molecule has 13 heavy (non-hydrogen) atoms. The van der Waals surface area contributed by atoms with E-state index < -0.39 is 0 Å². The Hall–Kier alpha value is 0.854. The average Bonchev–Trinajstić information content (AvgIpc) is 2.67. The molecule has 1 nitrogen and oxygen atoms in total. The van der Waals surface area contributed by atoms with Gasteiger partial charge < -0.3 is 38.7 Å². The second kappa shape index (κ2) is 15.3. The molecular weight excluding hydrogens is 335 g/mol. The van der Waals surface area contributed by atoms with Gasteiger partial charge in [-0.3, -0.25) is 0 Å². The zero-order valence-electron chi connectivity index (χ0n) is 7.33. The fourth-order valence-electron chi connectivity index (χ4n) is 0.831. The van der Waals surface area contributed by atoms with E-state index in [1.54, 1.807) is 0 Å². The Kier molecular flexibility index (Phi) is 22.9. The van der Waals surface area contributed by atoms with Gasteiger partial charge in [-0.1, -0.05) is 0 Å². The Morgan fingerprint density at radius 3 is 1.54 bits per heavy atom. The van der Waals surface area contributed by atoms with Crippen molar-refractivity contribution in [1.29, 1.82) is 0 Å². The summed E-state index contributed by atoms with van der Waals surface area (Å²) in [7, 11) is 0. The average molecular weight is 348 g/mol. The van der Waals surface area contributed by atoms with Crippen molar-refractivity contribution in [2.75, 3.05) is 13.2 Å². The Labute approximate surface area is 113 Å². The number of rotatable bonds is 0. The maximum absolute atomic E-state index is 4.94. The van der Waals surface area contributed by atoms with Crippen LogP contribution in [-0.4, -0.2) is 13.2 Å². The van der Waals surface area contributed by atoms with Gasteiger partial charge in [-0.05, 0) is 12.8 Å². The van der Waals surface area contributed by atoms with Crippen molar-refractivity contribution in [3.05, 3.63) is 30.3 Å². The summed E-state index contributed by atoms with van der Waals surface area (Å²) < 4.78 is 4.94. The van der Waals surface area contributed by atoms with Crippen LogP contribution < -0.4 is 34.0 Å². The number of hydrogen-bond donors (Lipinski definition) is 0. The van der Waals surface area contributed by atoms with E-state index in [2.05, 4.69) is 0 Å². The molecule has 0 aromatic heterocycles. The van der Waals surface area contributed by atoms with Gasteiger partial charge in [0.2, 0.25) is 0 Å². The van der Waals surface area contributed by atoms with Crippen LogP contribution in [0.3, 0.4) is 0 Å². The van der Waals surface area contributed by atoms with Gasteiger partial charge in [0.05, 0.1) is 0 Å². The van der Waals surface area contributed by atoms with Crippen molar-refractivity contribution >= 4 is 0 Å². The summed E-state index contributed by atoms with van der Waals surface area (Å²) in [6.45, 7) is 2.00. The fourth-order valence-corrected chi connectivity index (χ4v) is 0.831. The number of ether oxygens (including phenoxy) is 1. The molecule has 0 aliphatic carbocycles. The second-order valence-electron chi connectivity index (χ2n) is 2.28. The van der Waals surface area contributed by atoms with E-state index in [0.717, 1.165) is 13.2 Å². The molecule has 0 bridgehead atoms. The van der Waals surface area contributed by atoms with Gasteiger partial charge in [-0.2, -0.15) is 18.2 Å².